The standard InChI is InChI=1S/C8H11N3O2/c1-4-7(13-3-10-4)8(12)11-6-2-5(6)9/h3,5-6H,2,9H2,1H3,(H,11,12). The second-order valence-electron chi connectivity index (χ2n) is 3.25. The van der Waals surface area contributed by atoms with E-state index in [1.165, 1.54) is 6.39 Å². The fourth-order valence-electron chi connectivity index (χ4n) is 1.13. The lowest BCUT2D eigenvalue weighted by Gasteiger charge is -1.99. The van der Waals surface area contributed by atoms with E-state index < -0.39 is 0 Å². The fourth-order valence-corrected chi connectivity index (χ4v) is 1.13. The number of hydrogen-bond acceptors (Lipinski definition) is 4. The van der Waals surface area contributed by atoms with Gasteiger partial charge in [-0.3, -0.25) is 4.79 Å². The minimum atomic E-state index is -0.229. The number of carbonyl (C=O) groups is 1. The van der Waals surface area contributed by atoms with Crippen LogP contribution in [-0.2, 0) is 0 Å². The lowest BCUT2D eigenvalue weighted by molar-refractivity contribution is 0.0921. The van der Waals surface area contributed by atoms with E-state index in [9.17, 15) is 4.79 Å². The molecule has 0 aliphatic heterocycles. The number of nitrogens with one attached hydrogen (secondary N) is 1. The van der Waals surface area contributed by atoms with Gasteiger partial charge in [-0.1, -0.05) is 0 Å². The van der Waals surface area contributed by atoms with Crippen LogP contribution in [-0.4, -0.2) is 23.0 Å². The summed E-state index contributed by atoms with van der Waals surface area (Å²) in [6.45, 7) is 1.73. The summed E-state index contributed by atoms with van der Waals surface area (Å²) in [5.41, 5.74) is 6.15. The molecule has 1 fully saturated rings. The largest absolute Gasteiger partial charge is 0.438 e. The van der Waals surface area contributed by atoms with Crippen LogP contribution in [0.5, 0.6) is 0 Å². The maximum atomic E-state index is 11.4. The maximum absolute atomic E-state index is 11.4. The Balaban J connectivity index is 2.01. The van der Waals surface area contributed by atoms with Crippen molar-refractivity contribution in [2.45, 2.75) is 25.4 Å². The average molecular weight is 181 g/mol. The van der Waals surface area contributed by atoms with Gasteiger partial charge >= 0.3 is 0 Å². The van der Waals surface area contributed by atoms with Crippen LogP contribution in [0.25, 0.3) is 0 Å². The van der Waals surface area contributed by atoms with Gasteiger partial charge in [-0.05, 0) is 13.3 Å². The molecule has 13 heavy (non-hydrogen) atoms. The van der Waals surface area contributed by atoms with E-state index in [0.29, 0.717) is 5.69 Å². The molecule has 5 heteroatoms. The van der Waals surface area contributed by atoms with Crippen molar-refractivity contribution in [3.63, 3.8) is 0 Å². The van der Waals surface area contributed by atoms with Crippen LogP contribution in [0.15, 0.2) is 10.8 Å². The maximum Gasteiger partial charge on any atom is 0.289 e. The van der Waals surface area contributed by atoms with Gasteiger partial charge in [-0.25, -0.2) is 4.98 Å². The number of oxazole rings is 1. The van der Waals surface area contributed by atoms with E-state index >= 15 is 0 Å². The van der Waals surface area contributed by atoms with E-state index in [-0.39, 0.29) is 23.8 Å². The van der Waals surface area contributed by atoms with Crippen LogP contribution >= 0.6 is 0 Å². The van der Waals surface area contributed by atoms with E-state index in [1.807, 2.05) is 0 Å². The fraction of sp³-hybridized carbons (Fsp3) is 0.500. The smallest absolute Gasteiger partial charge is 0.289 e. The third kappa shape index (κ3) is 1.55. The number of aryl methyl sites for hydroxylation is 1. The SMILES string of the molecule is Cc1ncoc1C(=O)NC1CC1N. The van der Waals surface area contributed by atoms with Gasteiger partial charge < -0.3 is 15.5 Å². The molecule has 0 radical (unpaired) electrons. The van der Waals surface area contributed by atoms with Crippen LogP contribution in [0.4, 0.5) is 0 Å². The molecule has 5 nitrogen and oxygen atoms in total. The highest BCUT2D eigenvalue weighted by Gasteiger charge is 2.35. The Morgan fingerprint density at radius 2 is 2.54 bits per heavy atom. The molecule has 2 atom stereocenters. The molecular weight excluding hydrogens is 170 g/mol. The summed E-state index contributed by atoms with van der Waals surface area (Å²) in [6, 6.07) is 0.212. The van der Waals surface area contributed by atoms with Gasteiger partial charge in [-0.15, -0.1) is 0 Å². The first kappa shape index (κ1) is 8.25. The third-order valence-corrected chi connectivity index (χ3v) is 2.11. The van der Waals surface area contributed by atoms with Crippen LogP contribution < -0.4 is 11.1 Å². The molecule has 0 saturated heterocycles. The van der Waals surface area contributed by atoms with Crippen molar-refractivity contribution in [3.05, 3.63) is 17.8 Å². The zero-order chi connectivity index (χ0) is 9.42. The second-order valence-corrected chi connectivity index (χ2v) is 3.25. The van der Waals surface area contributed by atoms with E-state index in [2.05, 4.69) is 10.3 Å². The van der Waals surface area contributed by atoms with Gasteiger partial charge in [0.1, 0.15) is 0 Å². The molecule has 1 saturated carbocycles. The molecule has 0 aromatic carbocycles. The summed E-state index contributed by atoms with van der Waals surface area (Å²) in [6.07, 6.45) is 2.11. The summed E-state index contributed by atoms with van der Waals surface area (Å²) < 4.78 is 4.93. The van der Waals surface area contributed by atoms with Crippen LogP contribution in [0.2, 0.25) is 0 Å². The van der Waals surface area contributed by atoms with Crippen LogP contribution in [0.3, 0.4) is 0 Å². The molecule has 0 bridgehead atoms. The predicted octanol–water partition coefficient (Wildman–Crippen LogP) is -0.188. The Morgan fingerprint density at radius 1 is 1.85 bits per heavy atom. The summed E-state index contributed by atoms with van der Waals surface area (Å²) >= 11 is 0. The molecule has 0 spiro atoms. The normalized spacial score (nSPS) is 25.7. The van der Waals surface area contributed by atoms with Gasteiger partial charge in [0.05, 0.1) is 5.69 Å². The molecule has 1 aliphatic rings. The zero-order valence-electron chi connectivity index (χ0n) is 7.28. The first-order valence-corrected chi connectivity index (χ1v) is 4.15. The van der Waals surface area contributed by atoms with Crippen molar-refractivity contribution in [3.8, 4) is 0 Å². The molecule has 3 N–H and O–H groups in total. The first-order valence-electron chi connectivity index (χ1n) is 4.15. The lowest BCUT2D eigenvalue weighted by atomic mass is 10.3. The topological polar surface area (TPSA) is 81.2 Å². The summed E-state index contributed by atoms with van der Waals surface area (Å²) in [5, 5.41) is 2.75. The molecular formula is C8H11N3O2. The molecule has 70 valence electrons. The number of rotatable bonds is 2. The molecule has 1 aromatic heterocycles. The zero-order valence-corrected chi connectivity index (χ0v) is 7.28. The minimum absolute atomic E-state index is 0.104. The van der Waals surface area contributed by atoms with E-state index in [0.717, 1.165) is 6.42 Å². The molecule has 1 aliphatic carbocycles. The van der Waals surface area contributed by atoms with Gasteiger partial charge in [0, 0.05) is 12.1 Å². The quantitative estimate of drug-likeness (QED) is 0.662. The summed E-state index contributed by atoms with van der Waals surface area (Å²) in [4.78, 5) is 15.2. The highest BCUT2D eigenvalue weighted by molar-refractivity contribution is 5.92. The van der Waals surface area contributed by atoms with Crippen molar-refractivity contribution in [2.24, 2.45) is 5.73 Å². The second kappa shape index (κ2) is 2.85. The van der Waals surface area contributed by atoms with Crippen molar-refractivity contribution in [1.29, 1.82) is 0 Å². The number of hydrogen-bond donors (Lipinski definition) is 2. The third-order valence-electron chi connectivity index (χ3n) is 2.11. The predicted molar refractivity (Wildman–Crippen MR) is 45.1 cm³/mol. The van der Waals surface area contributed by atoms with Gasteiger partial charge in [0.2, 0.25) is 5.76 Å². The van der Waals surface area contributed by atoms with Gasteiger partial charge in [-0.2, -0.15) is 0 Å². The highest BCUT2D eigenvalue weighted by Crippen LogP contribution is 2.18. The molecule has 2 rings (SSSR count). The Labute approximate surface area is 75.3 Å². The molecule has 1 aromatic rings. The monoisotopic (exact) mass is 181 g/mol. The van der Waals surface area contributed by atoms with Crippen molar-refractivity contribution in [1.82, 2.24) is 10.3 Å². The van der Waals surface area contributed by atoms with Gasteiger partial charge in [0.25, 0.3) is 5.91 Å². The lowest BCUT2D eigenvalue weighted by Crippen LogP contribution is -2.29. The van der Waals surface area contributed by atoms with Crippen LogP contribution in [0, 0.1) is 6.92 Å². The summed E-state index contributed by atoms with van der Waals surface area (Å²) in [7, 11) is 0. The summed E-state index contributed by atoms with van der Waals surface area (Å²) in [5.74, 6) is 0.0482. The number of nitrogens with zero attached hydrogens (tertiary/aromatic N) is 1. The molecule has 2 unspecified atom stereocenters. The Morgan fingerprint density at radius 3 is 3.00 bits per heavy atom. The number of nitrogens with two attached hydrogens (primary N) is 1. The number of amides is 1. The highest BCUT2D eigenvalue weighted by atomic mass is 16.3. The molecule has 1 heterocycles. The van der Waals surface area contributed by atoms with Crippen molar-refractivity contribution in [2.75, 3.05) is 0 Å². The van der Waals surface area contributed by atoms with E-state index in [4.69, 9.17) is 10.2 Å². The van der Waals surface area contributed by atoms with Crippen LogP contribution in [0.1, 0.15) is 22.7 Å². The first-order chi connectivity index (χ1) is 6.18. The molecule has 1 amide bonds. The number of aromatic nitrogens is 1. The van der Waals surface area contributed by atoms with Gasteiger partial charge in [0.15, 0.2) is 6.39 Å². The Bertz CT molecular complexity index is 334. The van der Waals surface area contributed by atoms with Crippen molar-refractivity contribution < 1.29 is 9.21 Å². The van der Waals surface area contributed by atoms with E-state index in [1.54, 1.807) is 6.92 Å². The average Bonchev–Trinajstić information content (AvgIpc) is 2.62. The number of carbonyl (C=O) groups excluding carboxylic acids is 1. The Hall–Kier alpha value is -1.36. The minimum Gasteiger partial charge on any atom is -0.438 e. The Kier molecular flexibility index (Phi) is 1.81. The van der Waals surface area contributed by atoms with Crippen molar-refractivity contribution >= 4 is 5.91 Å².